The number of hydrogen-bond acceptors (Lipinski definition) is 5. The average molecular weight is 486 g/mol. The first-order chi connectivity index (χ1) is 17.3. The molecular formula is C31H35NO4. The van der Waals surface area contributed by atoms with Gasteiger partial charge in [0.05, 0.1) is 20.3 Å². The summed E-state index contributed by atoms with van der Waals surface area (Å²) in [5, 5.41) is 0. The second-order valence-corrected chi connectivity index (χ2v) is 9.98. The smallest absolute Gasteiger partial charge is 0.185 e. The molecule has 0 atom stereocenters. The lowest BCUT2D eigenvalue weighted by atomic mass is 9.87. The van der Waals surface area contributed by atoms with Gasteiger partial charge in [-0.3, -0.25) is 4.79 Å². The fourth-order valence-corrected chi connectivity index (χ4v) is 4.15. The summed E-state index contributed by atoms with van der Waals surface area (Å²) < 4.78 is 17.0. The van der Waals surface area contributed by atoms with Crippen LogP contribution in [-0.4, -0.2) is 39.2 Å². The Kier molecular flexibility index (Phi) is 8.11. The molecule has 0 aromatic heterocycles. The molecule has 0 bridgehead atoms. The number of morpholine rings is 1. The summed E-state index contributed by atoms with van der Waals surface area (Å²) >= 11 is 0. The monoisotopic (exact) mass is 485 g/mol. The fourth-order valence-electron chi connectivity index (χ4n) is 4.15. The third-order valence-electron chi connectivity index (χ3n) is 6.37. The molecule has 0 spiro atoms. The number of anilines is 1. The van der Waals surface area contributed by atoms with Gasteiger partial charge in [0.15, 0.2) is 5.78 Å². The molecule has 5 heteroatoms. The minimum atomic E-state index is -0.0314. The Bertz CT molecular complexity index is 1180. The van der Waals surface area contributed by atoms with Gasteiger partial charge in [0.2, 0.25) is 0 Å². The maximum atomic E-state index is 12.8. The molecule has 0 unspecified atom stereocenters. The zero-order chi connectivity index (χ0) is 25.5. The van der Waals surface area contributed by atoms with Gasteiger partial charge in [0.1, 0.15) is 18.1 Å². The lowest BCUT2D eigenvalue weighted by molar-refractivity contribution is 0.104. The Morgan fingerprint density at radius 2 is 1.67 bits per heavy atom. The lowest BCUT2D eigenvalue weighted by Crippen LogP contribution is -2.36. The summed E-state index contributed by atoms with van der Waals surface area (Å²) in [5.41, 5.74) is 4.98. The van der Waals surface area contributed by atoms with Crippen LogP contribution in [0.5, 0.6) is 11.5 Å². The third-order valence-corrected chi connectivity index (χ3v) is 6.37. The van der Waals surface area contributed by atoms with Gasteiger partial charge in [0.25, 0.3) is 0 Å². The maximum absolute atomic E-state index is 12.8. The highest BCUT2D eigenvalue weighted by Crippen LogP contribution is 2.26. The molecule has 188 valence electrons. The van der Waals surface area contributed by atoms with E-state index in [0.29, 0.717) is 12.2 Å². The quantitative estimate of drug-likeness (QED) is 0.277. The predicted octanol–water partition coefficient (Wildman–Crippen LogP) is 6.30. The first-order valence-electron chi connectivity index (χ1n) is 12.4. The largest absolute Gasteiger partial charge is 0.496 e. The number of hydrogen-bond donors (Lipinski definition) is 0. The van der Waals surface area contributed by atoms with Crippen LogP contribution in [0.1, 0.15) is 47.8 Å². The summed E-state index contributed by atoms with van der Waals surface area (Å²) in [7, 11) is 1.65. The standard InChI is InChI=1S/C31H35NO4/c1-31(2,3)26-9-13-28(14-10-26)36-22-25-21-23(6-16-30(25)34-4)5-15-29(33)24-7-11-27(12-8-24)32-17-19-35-20-18-32/h5-16,21H,17-20,22H2,1-4H3/b15-5+. The molecule has 3 aromatic carbocycles. The van der Waals surface area contributed by atoms with E-state index in [1.807, 2.05) is 60.7 Å². The molecule has 4 rings (SSSR count). The van der Waals surface area contributed by atoms with Gasteiger partial charge >= 0.3 is 0 Å². The molecule has 0 saturated carbocycles. The number of ether oxygens (including phenoxy) is 3. The number of rotatable bonds is 8. The van der Waals surface area contributed by atoms with Crippen molar-refractivity contribution < 1.29 is 19.0 Å². The van der Waals surface area contributed by atoms with E-state index in [4.69, 9.17) is 14.2 Å². The lowest BCUT2D eigenvalue weighted by Gasteiger charge is -2.28. The zero-order valence-electron chi connectivity index (χ0n) is 21.6. The number of carbonyl (C=O) groups is 1. The van der Waals surface area contributed by atoms with Gasteiger partial charge in [-0.1, -0.05) is 45.0 Å². The molecule has 1 aliphatic heterocycles. The van der Waals surface area contributed by atoms with E-state index in [1.54, 1.807) is 13.2 Å². The predicted molar refractivity (Wildman–Crippen MR) is 145 cm³/mol. The highest BCUT2D eigenvalue weighted by Gasteiger charge is 2.14. The Morgan fingerprint density at radius 3 is 2.31 bits per heavy atom. The van der Waals surface area contributed by atoms with Gasteiger partial charge in [0, 0.05) is 29.9 Å². The van der Waals surface area contributed by atoms with E-state index in [0.717, 1.165) is 54.6 Å². The highest BCUT2D eigenvalue weighted by molar-refractivity contribution is 6.07. The van der Waals surface area contributed by atoms with Gasteiger partial charge in [-0.15, -0.1) is 0 Å². The Labute approximate surface area is 214 Å². The summed E-state index contributed by atoms with van der Waals surface area (Å²) in [4.78, 5) is 15.0. The summed E-state index contributed by atoms with van der Waals surface area (Å²) in [6.45, 7) is 10.2. The number of methoxy groups -OCH3 is 1. The SMILES string of the molecule is COc1ccc(/C=C/C(=O)c2ccc(N3CCOCC3)cc2)cc1COc1ccc(C(C)(C)C)cc1. The second kappa shape index (κ2) is 11.4. The van der Waals surface area contributed by atoms with E-state index in [2.05, 4.69) is 37.8 Å². The fraction of sp³-hybridized carbons (Fsp3) is 0.323. The maximum Gasteiger partial charge on any atom is 0.185 e. The molecule has 3 aromatic rings. The van der Waals surface area contributed by atoms with Gasteiger partial charge in [-0.25, -0.2) is 0 Å². The Hall–Kier alpha value is -3.57. The zero-order valence-corrected chi connectivity index (χ0v) is 21.6. The van der Waals surface area contributed by atoms with Crippen LogP contribution in [0.3, 0.4) is 0 Å². The van der Waals surface area contributed by atoms with E-state index in [9.17, 15) is 4.79 Å². The van der Waals surface area contributed by atoms with Crippen molar-refractivity contribution in [3.63, 3.8) is 0 Å². The summed E-state index contributed by atoms with van der Waals surface area (Å²) in [5.74, 6) is 1.53. The van der Waals surface area contributed by atoms with Crippen molar-refractivity contribution in [2.45, 2.75) is 32.8 Å². The number of ketones is 1. The van der Waals surface area contributed by atoms with Crippen molar-refractivity contribution in [2.24, 2.45) is 0 Å². The molecule has 0 amide bonds. The summed E-state index contributed by atoms with van der Waals surface area (Å²) in [6, 6.07) is 21.8. The number of benzene rings is 3. The second-order valence-electron chi connectivity index (χ2n) is 9.98. The van der Waals surface area contributed by atoms with Crippen LogP contribution < -0.4 is 14.4 Å². The van der Waals surface area contributed by atoms with Crippen molar-refractivity contribution in [2.75, 3.05) is 38.3 Å². The minimum Gasteiger partial charge on any atom is -0.496 e. The van der Waals surface area contributed by atoms with Crippen molar-refractivity contribution in [3.8, 4) is 11.5 Å². The minimum absolute atomic E-state index is 0.0314. The molecule has 1 saturated heterocycles. The molecular weight excluding hydrogens is 450 g/mol. The van der Waals surface area contributed by atoms with Crippen LogP contribution >= 0.6 is 0 Å². The molecule has 1 heterocycles. The van der Waals surface area contributed by atoms with E-state index < -0.39 is 0 Å². The van der Waals surface area contributed by atoms with Gasteiger partial charge < -0.3 is 19.1 Å². The number of nitrogens with zero attached hydrogens (tertiary/aromatic N) is 1. The molecule has 36 heavy (non-hydrogen) atoms. The topological polar surface area (TPSA) is 48.0 Å². The van der Waals surface area contributed by atoms with E-state index in [1.165, 1.54) is 5.56 Å². The number of carbonyl (C=O) groups excluding carboxylic acids is 1. The highest BCUT2D eigenvalue weighted by atomic mass is 16.5. The van der Waals surface area contributed by atoms with Gasteiger partial charge in [-0.2, -0.15) is 0 Å². The van der Waals surface area contributed by atoms with Crippen LogP contribution in [0.15, 0.2) is 72.8 Å². The molecule has 1 aliphatic rings. The van der Waals surface area contributed by atoms with Crippen LogP contribution in [0.2, 0.25) is 0 Å². The first kappa shape index (κ1) is 25.5. The van der Waals surface area contributed by atoms with E-state index >= 15 is 0 Å². The molecule has 0 radical (unpaired) electrons. The molecule has 1 fully saturated rings. The Balaban J connectivity index is 1.40. The normalized spacial score (nSPS) is 14.2. The van der Waals surface area contributed by atoms with Crippen molar-refractivity contribution in [1.82, 2.24) is 0 Å². The summed E-state index contributed by atoms with van der Waals surface area (Å²) in [6.07, 6.45) is 3.45. The molecule has 5 nitrogen and oxygen atoms in total. The molecule has 0 N–H and O–H groups in total. The van der Waals surface area contributed by atoms with Crippen LogP contribution in [0.4, 0.5) is 5.69 Å². The van der Waals surface area contributed by atoms with Crippen molar-refractivity contribution >= 4 is 17.5 Å². The van der Waals surface area contributed by atoms with Gasteiger partial charge in [-0.05, 0) is 71.1 Å². The number of allylic oxidation sites excluding steroid dienone is 1. The first-order valence-corrected chi connectivity index (χ1v) is 12.4. The Morgan fingerprint density at radius 1 is 0.972 bits per heavy atom. The van der Waals surface area contributed by atoms with Crippen molar-refractivity contribution in [3.05, 3.63) is 95.1 Å². The van der Waals surface area contributed by atoms with Crippen LogP contribution in [0, 0.1) is 0 Å². The average Bonchev–Trinajstić information content (AvgIpc) is 2.91. The van der Waals surface area contributed by atoms with Crippen LogP contribution in [0.25, 0.3) is 6.08 Å². The van der Waals surface area contributed by atoms with Crippen LogP contribution in [-0.2, 0) is 16.8 Å². The molecule has 0 aliphatic carbocycles. The van der Waals surface area contributed by atoms with E-state index in [-0.39, 0.29) is 11.2 Å². The third kappa shape index (κ3) is 6.55. The van der Waals surface area contributed by atoms with Crippen molar-refractivity contribution in [1.29, 1.82) is 0 Å².